The van der Waals surface area contributed by atoms with Gasteiger partial charge in [-0.2, -0.15) is 0 Å². The summed E-state index contributed by atoms with van der Waals surface area (Å²) >= 11 is 0. The first-order chi connectivity index (χ1) is 20.2. The summed E-state index contributed by atoms with van der Waals surface area (Å²) in [5.74, 6) is 0.583. The highest BCUT2D eigenvalue weighted by Gasteiger charge is 2.46. The smallest absolute Gasteiger partial charge is 0.330 e. The van der Waals surface area contributed by atoms with Crippen LogP contribution in [0.1, 0.15) is 68.0 Å². The number of carboxylic acids is 1. The molecule has 0 aliphatic heterocycles. The van der Waals surface area contributed by atoms with Gasteiger partial charge in [0.2, 0.25) is 0 Å². The molecule has 1 aliphatic rings. The molecule has 3 aromatic rings. The van der Waals surface area contributed by atoms with Gasteiger partial charge in [0, 0.05) is 24.9 Å². The van der Waals surface area contributed by atoms with Gasteiger partial charge in [0.25, 0.3) is 0 Å². The number of urea groups is 1. The van der Waals surface area contributed by atoms with Crippen molar-refractivity contribution in [1.29, 1.82) is 0 Å². The molecule has 0 radical (unpaired) electrons. The highest BCUT2D eigenvalue weighted by atomic mass is 16.5. The van der Waals surface area contributed by atoms with Crippen LogP contribution in [0.2, 0.25) is 0 Å². The molecule has 2 atom stereocenters. The number of aryl methyl sites for hydroxylation is 1. The van der Waals surface area contributed by atoms with E-state index in [0.29, 0.717) is 19.8 Å². The first-order valence-electron chi connectivity index (χ1n) is 15.0. The maximum absolute atomic E-state index is 14.2. The molecule has 1 aliphatic carbocycles. The van der Waals surface area contributed by atoms with Crippen molar-refractivity contribution in [2.45, 2.75) is 71.9 Å². The molecule has 2 N–H and O–H groups in total. The van der Waals surface area contributed by atoms with Gasteiger partial charge in [0.15, 0.2) is 0 Å². The lowest BCUT2D eigenvalue weighted by molar-refractivity contribution is -0.144. The van der Waals surface area contributed by atoms with Gasteiger partial charge in [-0.3, -0.25) is 0 Å². The summed E-state index contributed by atoms with van der Waals surface area (Å²) < 4.78 is 11.9. The molecule has 0 saturated heterocycles. The third kappa shape index (κ3) is 7.07. The summed E-state index contributed by atoms with van der Waals surface area (Å²) in [5.41, 5.74) is 3.55. The fourth-order valence-corrected chi connectivity index (χ4v) is 5.80. The van der Waals surface area contributed by atoms with Crippen LogP contribution in [0.15, 0.2) is 66.7 Å². The standard InChI is InChI=1S/C35H44N2O5/c1-6-41-31-19-30(20-32(25(31)4)42-7-2)26(5)37(23-24(3)17-18-27-13-9-8-10-14-27)34(40)36-35(33(38)39)21-28-15-11-12-16-29(28)22-35/h8-16,19-20,24,26H,6-7,17-18,21-23H2,1-5H3,(H,36,40)(H,38,39)/t24?,26-/m1/s1. The molecule has 7 heteroatoms. The molecule has 0 heterocycles. The third-order valence-corrected chi connectivity index (χ3v) is 8.28. The van der Waals surface area contributed by atoms with Crippen molar-refractivity contribution in [1.82, 2.24) is 10.2 Å². The molecule has 0 aromatic heterocycles. The van der Waals surface area contributed by atoms with Crippen LogP contribution in [0.4, 0.5) is 4.79 Å². The average Bonchev–Trinajstić information content (AvgIpc) is 3.36. The van der Waals surface area contributed by atoms with E-state index in [0.717, 1.165) is 46.6 Å². The monoisotopic (exact) mass is 572 g/mol. The van der Waals surface area contributed by atoms with E-state index in [-0.39, 0.29) is 30.8 Å². The second kappa shape index (κ2) is 13.8. The van der Waals surface area contributed by atoms with Crippen molar-refractivity contribution in [3.05, 3.63) is 94.5 Å². The van der Waals surface area contributed by atoms with Gasteiger partial charge in [-0.1, -0.05) is 61.5 Å². The number of nitrogens with zero attached hydrogens (tertiary/aromatic N) is 1. The molecule has 2 amide bonds. The zero-order chi connectivity index (χ0) is 30.3. The third-order valence-electron chi connectivity index (χ3n) is 8.28. The highest BCUT2D eigenvalue weighted by Crippen LogP contribution is 2.36. The molecule has 7 nitrogen and oxygen atoms in total. The maximum Gasteiger partial charge on any atom is 0.330 e. The number of amides is 2. The predicted octanol–water partition coefficient (Wildman–Crippen LogP) is 6.76. The summed E-state index contributed by atoms with van der Waals surface area (Å²) in [5, 5.41) is 13.4. The molecule has 3 aromatic carbocycles. The number of nitrogens with one attached hydrogen (secondary N) is 1. The lowest BCUT2D eigenvalue weighted by Gasteiger charge is -2.36. The lowest BCUT2D eigenvalue weighted by Crippen LogP contribution is -2.59. The van der Waals surface area contributed by atoms with Crippen molar-refractivity contribution >= 4 is 12.0 Å². The summed E-state index contributed by atoms with van der Waals surface area (Å²) in [4.78, 5) is 28.6. The molecule has 224 valence electrons. The van der Waals surface area contributed by atoms with Crippen LogP contribution in [0.5, 0.6) is 11.5 Å². The molecule has 0 saturated carbocycles. The van der Waals surface area contributed by atoms with E-state index in [4.69, 9.17) is 9.47 Å². The second-order valence-electron chi connectivity index (χ2n) is 11.4. The van der Waals surface area contributed by atoms with E-state index in [1.54, 1.807) is 4.90 Å². The number of ether oxygens (including phenoxy) is 2. The number of carboxylic acid groups (broad SMARTS) is 1. The first kappa shape index (κ1) is 30.9. The quantitative estimate of drug-likeness (QED) is 0.236. The number of benzene rings is 3. The number of hydrogen-bond acceptors (Lipinski definition) is 4. The van der Waals surface area contributed by atoms with Gasteiger partial charge in [-0.05, 0) is 80.8 Å². The van der Waals surface area contributed by atoms with Gasteiger partial charge in [-0.15, -0.1) is 0 Å². The Labute approximate surface area is 249 Å². The van der Waals surface area contributed by atoms with Crippen LogP contribution in [0.3, 0.4) is 0 Å². The second-order valence-corrected chi connectivity index (χ2v) is 11.4. The van der Waals surface area contributed by atoms with E-state index in [1.165, 1.54) is 5.56 Å². The Bertz CT molecular complexity index is 1320. The van der Waals surface area contributed by atoms with Crippen LogP contribution < -0.4 is 14.8 Å². The lowest BCUT2D eigenvalue weighted by atomic mass is 9.95. The van der Waals surface area contributed by atoms with Gasteiger partial charge in [0.1, 0.15) is 17.0 Å². The van der Waals surface area contributed by atoms with Gasteiger partial charge in [0.05, 0.1) is 19.3 Å². The Morgan fingerprint density at radius 2 is 1.48 bits per heavy atom. The zero-order valence-electron chi connectivity index (χ0n) is 25.5. The van der Waals surface area contributed by atoms with E-state index in [2.05, 4.69) is 24.4 Å². The van der Waals surface area contributed by atoms with Crippen molar-refractivity contribution in [3.8, 4) is 11.5 Å². The number of carbonyl (C=O) groups is 2. The number of rotatable bonds is 13. The fraction of sp³-hybridized carbons (Fsp3) is 0.429. The van der Waals surface area contributed by atoms with Crippen LogP contribution in [0, 0.1) is 12.8 Å². The Kier molecular flexibility index (Phi) is 10.2. The number of hydrogen-bond donors (Lipinski definition) is 2. The molecule has 1 unspecified atom stereocenters. The van der Waals surface area contributed by atoms with Crippen molar-refractivity contribution in [2.24, 2.45) is 5.92 Å². The molecule has 0 fully saturated rings. The van der Waals surface area contributed by atoms with E-state index >= 15 is 0 Å². The summed E-state index contributed by atoms with van der Waals surface area (Å²) in [6.45, 7) is 11.4. The number of fused-ring (bicyclic) bond motifs is 1. The van der Waals surface area contributed by atoms with Gasteiger partial charge >= 0.3 is 12.0 Å². The normalized spacial score (nSPS) is 14.9. The Hall–Kier alpha value is -4.00. The van der Waals surface area contributed by atoms with E-state index < -0.39 is 11.5 Å². The molecular formula is C35H44N2O5. The zero-order valence-corrected chi connectivity index (χ0v) is 25.5. The molecule has 0 bridgehead atoms. The van der Waals surface area contributed by atoms with Crippen LogP contribution in [0.25, 0.3) is 0 Å². The predicted molar refractivity (Wildman–Crippen MR) is 165 cm³/mol. The Balaban J connectivity index is 1.64. The van der Waals surface area contributed by atoms with Crippen molar-refractivity contribution < 1.29 is 24.2 Å². The van der Waals surface area contributed by atoms with E-state index in [9.17, 15) is 14.7 Å². The molecule has 42 heavy (non-hydrogen) atoms. The molecule has 0 spiro atoms. The number of carbonyl (C=O) groups excluding carboxylic acids is 1. The first-order valence-corrected chi connectivity index (χ1v) is 15.0. The average molecular weight is 573 g/mol. The minimum absolute atomic E-state index is 0.170. The Morgan fingerprint density at radius 1 is 0.929 bits per heavy atom. The minimum atomic E-state index is -1.40. The van der Waals surface area contributed by atoms with Crippen LogP contribution in [-0.4, -0.2) is 47.3 Å². The van der Waals surface area contributed by atoms with Crippen molar-refractivity contribution in [2.75, 3.05) is 19.8 Å². The topological polar surface area (TPSA) is 88.1 Å². The van der Waals surface area contributed by atoms with Crippen molar-refractivity contribution in [3.63, 3.8) is 0 Å². The largest absolute Gasteiger partial charge is 0.493 e. The van der Waals surface area contributed by atoms with Gasteiger partial charge in [-0.25, -0.2) is 9.59 Å². The Morgan fingerprint density at radius 3 is 2.00 bits per heavy atom. The fourth-order valence-electron chi connectivity index (χ4n) is 5.80. The summed E-state index contributed by atoms with van der Waals surface area (Å²) in [6.07, 6.45) is 2.29. The minimum Gasteiger partial charge on any atom is -0.493 e. The highest BCUT2D eigenvalue weighted by molar-refractivity contribution is 5.88. The summed E-state index contributed by atoms with van der Waals surface area (Å²) in [7, 11) is 0. The van der Waals surface area contributed by atoms with E-state index in [1.807, 2.05) is 82.3 Å². The molecular weight excluding hydrogens is 528 g/mol. The molecule has 4 rings (SSSR count). The maximum atomic E-state index is 14.2. The van der Waals surface area contributed by atoms with Crippen LogP contribution in [-0.2, 0) is 24.1 Å². The van der Waals surface area contributed by atoms with Crippen LogP contribution >= 0.6 is 0 Å². The number of aliphatic carboxylic acids is 1. The van der Waals surface area contributed by atoms with Gasteiger partial charge < -0.3 is 24.8 Å². The SMILES string of the molecule is CCOc1cc([C@@H](C)N(CC(C)CCc2ccccc2)C(=O)NC2(C(=O)O)Cc3ccccc3C2)cc(OCC)c1C. The summed E-state index contributed by atoms with van der Waals surface area (Å²) in [6, 6.07) is 21.2.